The molecular weight excluding hydrogens is 242 g/mol. The molecule has 0 atom stereocenters. The van der Waals surface area contributed by atoms with Gasteiger partial charge in [0.05, 0.1) is 4.92 Å². The third-order valence-electron chi connectivity index (χ3n) is 2.07. The summed E-state index contributed by atoms with van der Waals surface area (Å²) in [4.78, 5) is 28.3. The van der Waals surface area contributed by atoms with Crippen LogP contribution in [0.1, 0.15) is 10.5 Å². The Hall–Kier alpha value is -3.04. The first kappa shape index (κ1) is 11.4. The number of primary amides is 1. The molecule has 0 saturated carbocycles. The van der Waals surface area contributed by atoms with Gasteiger partial charge in [-0.3, -0.25) is 14.9 Å². The van der Waals surface area contributed by atoms with Crippen molar-refractivity contribution in [2.75, 3.05) is 5.73 Å². The number of rotatable bonds is 3. The number of hydrogen-bond acceptors (Lipinski definition) is 7. The van der Waals surface area contributed by atoms with Gasteiger partial charge in [-0.1, -0.05) is 0 Å². The first-order valence-electron chi connectivity index (χ1n) is 4.61. The molecule has 0 aliphatic heterocycles. The Morgan fingerprint density at radius 3 is 2.72 bits per heavy atom. The van der Waals surface area contributed by atoms with Gasteiger partial charge < -0.3 is 11.5 Å². The molecule has 2 aromatic rings. The van der Waals surface area contributed by atoms with Crippen LogP contribution in [-0.2, 0) is 0 Å². The Morgan fingerprint density at radius 1 is 1.44 bits per heavy atom. The highest BCUT2D eigenvalue weighted by atomic mass is 16.6. The van der Waals surface area contributed by atoms with E-state index in [4.69, 9.17) is 11.5 Å². The average molecular weight is 249 g/mol. The molecular formula is C8H7N7O3. The van der Waals surface area contributed by atoms with Crippen LogP contribution in [0.15, 0.2) is 18.6 Å². The Labute approximate surface area is 99.4 Å². The van der Waals surface area contributed by atoms with Crippen molar-refractivity contribution in [1.29, 1.82) is 0 Å². The minimum absolute atomic E-state index is 0.0403. The van der Waals surface area contributed by atoms with Crippen molar-refractivity contribution in [3.8, 4) is 5.82 Å². The molecule has 0 unspecified atom stereocenters. The molecule has 1 amide bonds. The number of nitrogen functional groups attached to an aromatic ring is 1. The van der Waals surface area contributed by atoms with Gasteiger partial charge in [0.2, 0.25) is 11.6 Å². The van der Waals surface area contributed by atoms with Crippen LogP contribution in [-0.4, -0.2) is 30.6 Å². The van der Waals surface area contributed by atoms with Crippen molar-refractivity contribution in [3.05, 3.63) is 34.4 Å². The highest BCUT2D eigenvalue weighted by Gasteiger charge is 2.23. The van der Waals surface area contributed by atoms with E-state index >= 15 is 0 Å². The predicted molar refractivity (Wildman–Crippen MR) is 58.7 cm³/mol. The molecule has 0 saturated heterocycles. The topological polar surface area (TPSA) is 156 Å². The lowest BCUT2D eigenvalue weighted by Crippen LogP contribution is -2.13. The fourth-order valence-corrected chi connectivity index (χ4v) is 1.30. The smallest absolute Gasteiger partial charge is 0.355 e. The molecule has 18 heavy (non-hydrogen) atoms. The lowest BCUT2D eigenvalue weighted by atomic mass is 10.4. The van der Waals surface area contributed by atoms with E-state index in [1.54, 1.807) is 0 Å². The van der Waals surface area contributed by atoms with Crippen molar-refractivity contribution in [3.63, 3.8) is 0 Å². The van der Waals surface area contributed by atoms with Gasteiger partial charge in [0.15, 0.2) is 0 Å². The summed E-state index contributed by atoms with van der Waals surface area (Å²) < 4.78 is 1.04. The number of aromatic nitrogens is 4. The van der Waals surface area contributed by atoms with Crippen LogP contribution in [0.4, 0.5) is 11.5 Å². The number of hydrogen-bond donors (Lipinski definition) is 2. The minimum Gasteiger partial charge on any atom is -0.378 e. The summed E-state index contributed by atoms with van der Waals surface area (Å²) in [5, 5.41) is 14.6. The fourth-order valence-electron chi connectivity index (χ4n) is 1.30. The van der Waals surface area contributed by atoms with E-state index in [2.05, 4.69) is 15.1 Å². The van der Waals surface area contributed by atoms with Crippen LogP contribution in [0.5, 0.6) is 0 Å². The molecule has 2 heterocycles. The van der Waals surface area contributed by atoms with Gasteiger partial charge in [0, 0.05) is 6.20 Å². The van der Waals surface area contributed by atoms with Crippen LogP contribution < -0.4 is 11.5 Å². The number of anilines is 1. The summed E-state index contributed by atoms with van der Waals surface area (Å²) in [6.07, 6.45) is 2.37. The SMILES string of the molecule is NC(=O)c1ccn(-c2ncnc(N)c2[N+](=O)[O-])n1. The number of nitro groups is 1. The lowest BCUT2D eigenvalue weighted by molar-refractivity contribution is -0.384. The molecule has 0 aromatic carbocycles. The number of nitrogens with zero attached hydrogens (tertiary/aromatic N) is 5. The third-order valence-corrected chi connectivity index (χ3v) is 2.07. The van der Waals surface area contributed by atoms with E-state index < -0.39 is 16.5 Å². The van der Waals surface area contributed by atoms with Gasteiger partial charge >= 0.3 is 5.69 Å². The zero-order chi connectivity index (χ0) is 13.3. The standard InChI is InChI=1S/C8H7N7O3/c9-6-5(15(17)18)8(12-3-11-6)14-2-1-4(13-14)7(10)16/h1-3H,(H2,10,16)(H2,9,11,12). The summed E-state index contributed by atoms with van der Waals surface area (Å²) in [7, 11) is 0. The zero-order valence-corrected chi connectivity index (χ0v) is 8.85. The van der Waals surface area contributed by atoms with Crippen LogP contribution in [0, 0.1) is 10.1 Å². The minimum atomic E-state index is -0.751. The van der Waals surface area contributed by atoms with Crippen molar-refractivity contribution in [1.82, 2.24) is 19.7 Å². The largest absolute Gasteiger partial charge is 0.378 e. The van der Waals surface area contributed by atoms with E-state index in [9.17, 15) is 14.9 Å². The van der Waals surface area contributed by atoms with Crippen LogP contribution in [0.3, 0.4) is 0 Å². The number of amides is 1. The second kappa shape index (κ2) is 4.08. The first-order valence-corrected chi connectivity index (χ1v) is 4.61. The fraction of sp³-hybridized carbons (Fsp3) is 0. The average Bonchev–Trinajstić information content (AvgIpc) is 2.77. The molecule has 10 heteroatoms. The summed E-state index contributed by atoms with van der Waals surface area (Å²) in [5.41, 5.74) is 9.90. The molecule has 0 aliphatic carbocycles. The number of carbonyl (C=O) groups excluding carboxylic acids is 1. The summed E-state index contributed by atoms with van der Waals surface area (Å²) in [6, 6.07) is 1.31. The van der Waals surface area contributed by atoms with Crippen molar-refractivity contribution in [2.24, 2.45) is 5.73 Å². The van der Waals surface area contributed by atoms with Crippen molar-refractivity contribution >= 4 is 17.4 Å². The molecule has 10 nitrogen and oxygen atoms in total. The second-order valence-electron chi connectivity index (χ2n) is 3.20. The molecule has 0 radical (unpaired) electrons. The molecule has 0 aliphatic rings. The quantitative estimate of drug-likeness (QED) is 0.535. The van der Waals surface area contributed by atoms with Gasteiger partial charge in [-0.25, -0.2) is 14.6 Å². The highest BCUT2D eigenvalue weighted by Crippen LogP contribution is 2.24. The highest BCUT2D eigenvalue weighted by molar-refractivity contribution is 5.90. The Balaban J connectivity index is 2.59. The summed E-state index contributed by atoms with van der Waals surface area (Å²) in [6.45, 7) is 0. The molecule has 92 valence electrons. The molecule has 4 N–H and O–H groups in total. The molecule has 0 spiro atoms. The van der Waals surface area contributed by atoms with E-state index in [0.717, 1.165) is 11.0 Å². The number of nitrogens with two attached hydrogens (primary N) is 2. The van der Waals surface area contributed by atoms with E-state index in [1.807, 2.05) is 0 Å². The Bertz CT molecular complexity index is 635. The maximum absolute atomic E-state index is 10.9. The molecule has 2 aromatic heterocycles. The first-order chi connectivity index (χ1) is 8.50. The molecule has 0 bridgehead atoms. The van der Waals surface area contributed by atoms with E-state index in [1.165, 1.54) is 12.3 Å². The monoisotopic (exact) mass is 249 g/mol. The summed E-state index contributed by atoms with van der Waals surface area (Å²) in [5.74, 6) is -1.18. The van der Waals surface area contributed by atoms with Crippen LogP contribution >= 0.6 is 0 Å². The van der Waals surface area contributed by atoms with Gasteiger partial charge in [-0.2, -0.15) is 5.10 Å². The third kappa shape index (κ3) is 1.81. The van der Waals surface area contributed by atoms with Crippen molar-refractivity contribution in [2.45, 2.75) is 0 Å². The van der Waals surface area contributed by atoms with Crippen molar-refractivity contribution < 1.29 is 9.72 Å². The number of carbonyl (C=O) groups is 1. The van der Waals surface area contributed by atoms with Gasteiger partial charge in [-0.05, 0) is 6.07 Å². The maximum atomic E-state index is 10.9. The second-order valence-corrected chi connectivity index (χ2v) is 3.20. The van der Waals surface area contributed by atoms with E-state index in [-0.39, 0.29) is 17.3 Å². The Morgan fingerprint density at radius 2 is 2.17 bits per heavy atom. The lowest BCUT2D eigenvalue weighted by Gasteiger charge is -2.02. The zero-order valence-electron chi connectivity index (χ0n) is 8.85. The van der Waals surface area contributed by atoms with Gasteiger partial charge in [0.1, 0.15) is 12.0 Å². The van der Waals surface area contributed by atoms with Gasteiger partial charge in [0.25, 0.3) is 5.91 Å². The molecule has 2 rings (SSSR count). The van der Waals surface area contributed by atoms with E-state index in [0.29, 0.717) is 0 Å². The maximum Gasteiger partial charge on any atom is 0.355 e. The van der Waals surface area contributed by atoms with Crippen LogP contribution in [0.25, 0.3) is 5.82 Å². The Kier molecular flexibility index (Phi) is 2.60. The van der Waals surface area contributed by atoms with Crippen LogP contribution in [0.2, 0.25) is 0 Å². The van der Waals surface area contributed by atoms with Gasteiger partial charge in [-0.15, -0.1) is 0 Å². The summed E-state index contributed by atoms with van der Waals surface area (Å²) >= 11 is 0. The normalized spacial score (nSPS) is 10.2. The molecule has 0 fully saturated rings. The predicted octanol–water partition coefficient (Wildman–Crippen LogP) is -0.748.